The van der Waals surface area contributed by atoms with Gasteiger partial charge in [-0.2, -0.15) is 4.57 Å². The molecule has 1 heterocycles. The molecule has 0 amide bonds. The number of nitrogens with zero attached hydrogens (tertiary/aromatic N) is 1. The van der Waals surface area contributed by atoms with Gasteiger partial charge in [-0.15, -0.1) is 11.8 Å². The Hall–Kier alpha value is 0.320. The number of thiocarbonyl (C=S) groups is 1. The molecule has 1 rings (SSSR count). The molecule has 0 radical (unpaired) electrons. The lowest BCUT2D eigenvalue weighted by atomic mass is 10.5. The fourth-order valence-electron chi connectivity index (χ4n) is 0.753. The summed E-state index contributed by atoms with van der Waals surface area (Å²) in [6, 6.07) is 6.00. The number of pyridine rings is 1. The van der Waals surface area contributed by atoms with Crippen LogP contribution in [0.2, 0.25) is 0 Å². The van der Waals surface area contributed by atoms with Crippen LogP contribution < -0.4 is 28.5 Å². The monoisotopic (exact) mass is 311 g/mol. The Morgan fingerprint density at radius 2 is 1.92 bits per heavy atom. The van der Waals surface area contributed by atoms with Gasteiger partial charge in [0.15, 0.2) is 18.9 Å². The molecular weight excluding hydrogens is 301 g/mol. The minimum atomic E-state index is 0. The zero-order valence-corrected chi connectivity index (χ0v) is 10.5. The van der Waals surface area contributed by atoms with E-state index >= 15 is 0 Å². The molecule has 0 spiro atoms. The molecule has 0 aromatic carbocycles. The van der Waals surface area contributed by atoms with E-state index in [0.717, 1.165) is 10.7 Å². The van der Waals surface area contributed by atoms with E-state index in [1.807, 2.05) is 36.8 Å². The van der Waals surface area contributed by atoms with Crippen LogP contribution in [-0.4, -0.2) is 10.5 Å². The minimum Gasteiger partial charge on any atom is -1.00 e. The lowest BCUT2D eigenvalue weighted by Gasteiger charge is -1.93. The van der Waals surface area contributed by atoms with Crippen molar-refractivity contribution in [2.24, 2.45) is 0 Å². The summed E-state index contributed by atoms with van der Waals surface area (Å²) in [6.07, 6.45) is 6.04. The molecular formula is C8H10INS2. The van der Waals surface area contributed by atoms with Crippen molar-refractivity contribution in [2.45, 2.75) is 6.54 Å². The van der Waals surface area contributed by atoms with Crippen molar-refractivity contribution in [3.05, 3.63) is 30.6 Å². The molecule has 66 valence electrons. The van der Waals surface area contributed by atoms with E-state index in [2.05, 4.69) is 4.57 Å². The van der Waals surface area contributed by atoms with Crippen molar-refractivity contribution < 1.29 is 28.5 Å². The van der Waals surface area contributed by atoms with Gasteiger partial charge in [0.1, 0.15) is 4.20 Å². The smallest absolute Gasteiger partial charge is 0.189 e. The fraction of sp³-hybridized carbons (Fsp3) is 0.250. The maximum absolute atomic E-state index is 5.08. The molecule has 4 heteroatoms. The number of halogens is 1. The minimum absolute atomic E-state index is 0. The summed E-state index contributed by atoms with van der Waals surface area (Å²) in [5, 5.41) is 0. The summed E-state index contributed by atoms with van der Waals surface area (Å²) in [4.78, 5) is 0. The molecule has 12 heavy (non-hydrogen) atoms. The average molecular weight is 311 g/mol. The van der Waals surface area contributed by atoms with Crippen molar-refractivity contribution in [3.8, 4) is 0 Å². The van der Waals surface area contributed by atoms with Gasteiger partial charge >= 0.3 is 0 Å². The highest BCUT2D eigenvalue weighted by Crippen LogP contribution is 1.96. The number of aromatic nitrogens is 1. The van der Waals surface area contributed by atoms with Gasteiger partial charge in [0.05, 0.1) is 0 Å². The Morgan fingerprint density at radius 3 is 2.42 bits per heavy atom. The lowest BCUT2D eigenvalue weighted by Crippen LogP contribution is -3.00. The summed E-state index contributed by atoms with van der Waals surface area (Å²) in [6.45, 7) is 0.831. The molecule has 0 aliphatic rings. The summed E-state index contributed by atoms with van der Waals surface area (Å²) in [5.74, 6) is 0. The van der Waals surface area contributed by atoms with E-state index in [-0.39, 0.29) is 24.0 Å². The largest absolute Gasteiger partial charge is 1.00 e. The van der Waals surface area contributed by atoms with E-state index in [1.165, 1.54) is 0 Å². The molecule has 0 saturated carbocycles. The Morgan fingerprint density at radius 1 is 1.33 bits per heavy atom. The molecule has 0 bridgehead atoms. The van der Waals surface area contributed by atoms with Gasteiger partial charge in [0, 0.05) is 12.1 Å². The SMILES string of the molecule is CSC(=S)C[n+]1ccccc1.[I-]. The Balaban J connectivity index is 0.00000121. The van der Waals surface area contributed by atoms with Crippen LogP contribution in [0.4, 0.5) is 0 Å². The first-order valence-electron chi connectivity index (χ1n) is 3.34. The predicted molar refractivity (Wildman–Crippen MR) is 52.8 cm³/mol. The van der Waals surface area contributed by atoms with Crippen molar-refractivity contribution in [3.63, 3.8) is 0 Å². The third-order valence-corrected chi connectivity index (χ3v) is 2.53. The van der Waals surface area contributed by atoms with Crippen LogP contribution in [0.3, 0.4) is 0 Å². The van der Waals surface area contributed by atoms with Gasteiger partial charge in [0.2, 0.25) is 0 Å². The van der Waals surface area contributed by atoms with Crippen LogP contribution >= 0.6 is 24.0 Å². The normalized spacial score (nSPS) is 8.75. The van der Waals surface area contributed by atoms with Crippen LogP contribution in [0.25, 0.3) is 0 Å². The highest BCUT2D eigenvalue weighted by Gasteiger charge is 2.00. The summed E-state index contributed by atoms with van der Waals surface area (Å²) in [7, 11) is 0. The first kappa shape index (κ1) is 12.3. The molecule has 0 saturated heterocycles. The van der Waals surface area contributed by atoms with E-state index in [0.29, 0.717) is 0 Å². The molecule has 1 nitrogen and oxygen atoms in total. The van der Waals surface area contributed by atoms with Crippen LogP contribution in [0.1, 0.15) is 0 Å². The number of rotatable bonds is 2. The standard InChI is InChI=1S/C8H10NS2.HI/c1-11-8(10)7-9-5-3-2-4-6-9;/h2-6H,7H2,1H3;1H/q+1;/p-1. The van der Waals surface area contributed by atoms with E-state index in [9.17, 15) is 0 Å². The molecule has 1 aromatic rings. The Bertz CT molecular complexity index is 238. The summed E-state index contributed by atoms with van der Waals surface area (Å²) < 4.78 is 3.08. The van der Waals surface area contributed by atoms with E-state index < -0.39 is 0 Å². The predicted octanol–water partition coefficient (Wildman–Crippen LogP) is -1.33. The first-order chi connectivity index (χ1) is 5.33. The van der Waals surface area contributed by atoms with Gasteiger partial charge < -0.3 is 24.0 Å². The van der Waals surface area contributed by atoms with Crippen molar-refractivity contribution in [1.82, 2.24) is 0 Å². The van der Waals surface area contributed by atoms with E-state index in [4.69, 9.17) is 12.2 Å². The van der Waals surface area contributed by atoms with E-state index in [1.54, 1.807) is 11.8 Å². The molecule has 0 unspecified atom stereocenters. The highest BCUT2D eigenvalue weighted by molar-refractivity contribution is 8.22. The summed E-state index contributed by atoms with van der Waals surface area (Å²) >= 11 is 6.71. The Kier molecular flexibility index (Phi) is 6.98. The third-order valence-electron chi connectivity index (χ3n) is 1.32. The quantitative estimate of drug-likeness (QED) is 0.378. The fourth-order valence-corrected chi connectivity index (χ4v) is 1.18. The van der Waals surface area contributed by atoms with Crippen molar-refractivity contribution >= 4 is 28.2 Å². The second-order valence-electron chi connectivity index (χ2n) is 2.12. The van der Waals surface area contributed by atoms with Gasteiger partial charge in [-0.1, -0.05) is 18.3 Å². The molecule has 0 N–H and O–H groups in total. The van der Waals surface area contributed by atoms with Gasteiger partial charge in [-0.3, -0.25) is 0 Å². The van der Waals surface area contributed by atoms with Gasteiger partial charge in [-0.05, 0) is 6.26 Å². The number of thioether (sulfide) groups is 1. The van der Waals surface area contributed by atoms with Crippen molar-refractivity contribution in [1.29, 1.82) is 0 Å². The first-order valence-corrected chi connectivity index (χ1v) is 4.97. The second kappa shape index (κ2) is 6.80. The number of hydrogen-bond acceptors (Lipinski definition) is 2. The van der Waals surface area contributed by atoms with Gasteiger partial charge in [-0.25, -0.2) is 0 Å². The van der Waals surface area contributed by atoms with Gasteiger partial charge in [0.25, 0.3) is 0 Å². The third kappa shape index (κ3) is 4.37. The van der Waals surface area contributed by atoms with Crippen LogP contribution in [0.15, 0.2) is 30.6 Å². The lowest BCUT2D eigenvalue weighted by molar-refractivity contribution is -0.681. The number of hydrogen-bond donors (Lipinski definition) is 0. The molecule has 0 aliphatic heterocycles. The zero-order chi connectivity index (χ0) is 8.10. The maximum atomic E-state index is 5.08. The molecule has 0 atom stereocenters. The molecule has 0 fully saturated rings. The maximum Gasteiger partial charge on any atom is 0.189 e. The van der Waals surface area contributed by atoms with Crippen LogP contribution in [-0.2, 0) is 6.54 Å². The molecule has 1 aromatic heterocycles. The topological polar surface area (TPSA) is 3.88 Å². The van der Waals surface area contributed by atoms with Crippen LogP contribution in [0, 0.1) is 0 Å². The van der Waals surface area contributed by atoms with Crippen molar-refractivity contribution in [2.75, 3.05) is 6.26 Å². The molecule has 0 aliphatic carbocycles. The second-order valence-corrected chi connectivity index (χ2v) is 3.78. The summed E-state index contributed by atoms with van der Waals surface area (Å²) in [5.41, 5.74) is 0. The zero-order valence-electron chi connectivity index (χ0n) is 6.74. The highest BCUT2D eigenvalue weighted by atomic mass is 127. The van der Waals surface area contributed by atoms with Crippen LogP contribution in [0.5, 0.6) is 0 Å². The Labute approximate surface area is 99.6 Å². The average Bonchev–Trinajstić information content (AvgIpc) is 2.06.